The smallest absolute Gasteiger partial charge is 0.155 e. The van der Waals surface area contributed by atoms with E-state index in [1.165, 1.54) is 11.1 Å². The van der Waals surface area contributed by atoms with E-state index in [2.05, 4.69) is 44.9 Å². The number of aromatic nitrogens is 3. The van der Waals surface area contributed by atoms with Crippen LogP contribution in [0.1, 0.15) is 42.8 Å². The Morgan fingerprint density at radius 3 is 2.69 bits per heavy atom. The van der Waals surface area contributed by atoms with Crippen LogP contribution in [-0.4, -0.2) is 57.2 Å². The van der Waals surface area contributed by atoms with Gasteiger partial charge in [0, 0.05) is 38.6 Å². The third-order valence-electron chi connectivity index (χ3n) is 6.23. The maximum Gasteiger partial charge on any atom is 0.155 e. The molecule has 3 aromatic rings. The molecule has 4 heterocycles. The van der Waals surface area contributed by atoms with Gasteiger partial charge in [0.15, 0.2) is 5.65 Å². The van der Waals surface area contributed by atoms with Gasteiger partial charge in [0.05, 0.1) is 37.0 Å². The largest absolute Gasteiger partial charge is 0.493 e. The lowest BCUT2D eigenvalue weighted by Gasteiger charge is -2.38. The Hall–Kier alpha value is -2.64. The van der Waals surface area contributed by atoms with Gasteiger partial charge >= 0.3 is 0 Å². The monoisotopic (exact) mass is 393 g/mol. The van der Waals surface area contributed by atoms with E-state index in [9.17, 15) is 5.11 Å². The van der Waals surface area contributed by atoms with Gasteiger partial charge in [0.25, 0.3) is 0 Å². The average Bonchev–Trinajstić information content (AvgIpc) is 3.39. The number of imidazole rings is 1. The summed E-state index contributed by atoms with van der Waals surface area (Å²) in [6.07, 6.45) is 5.94. The zero-order valence-electron chi connectivity index (χ0n) is 17.0. The van der Waals surface area contributed by atoms with Gasteiger partial charge in [-0.3, -0.25) is 9.30 Å². The summed E-state index contributed by atoms with van der Waals surface area (Å²) in [5.74, 6) is 1.98. The van der Waals surface area contributed by atoms with Gasteiger partial charge < -0.3 is 14.7 Å². The number of fused-ring (bicyclic) bond motifs is 2. The molecule has 2 unspecified atom stereocenters. The highest BCUT2D eigenvalue weighted by molar-refractivity contribution is 5.47. The van der Waals surface area contributed by atoms with E-state index in [0.29, 0.717) is 6.04 Å². The molecular weight excluding hydrogens is 366 g/mol. The molecule has 5 rings (SSSR count). The minimum Gasteiger partial charge on any atom is -0.493 e. The summed E-state index contributed by atoms with van der Waals surface area (Å²) in [6, 6.07) is 7.04. The fraction of sp³-hybridized carbons (Fsp3) is 0.455. The molecule has 2 aliphatic heterocycles. The maximum absolute atomic E-state index is 9.96. The minimum absolute atomic E-state index is 0.359. The molecule has 29 heavy (non-hydrogen) atoms. The first-order valence-electron chi connectivity index (χ1n) is 10.4. The van der Waals surface area contributed by atoms with E-state index in [4.69, 9.17) is 4.74 Å². The number of aliphatic hydroxyl groups excluding tert-OH is 1. The molecule has 0 saturated carbocycles. The van der Waals surface area contributed by atoms with Gasteiger partial charge in [-0.05, 0) is 31.0 Å². The molecule has 0 amide bonds. The van der Waals surface area contributed by atoms with Crippen molar-refractivity contribution < 1.29 is 9.84 Å². The number of nitrogens with zero attached hydrogens (tertiary/aromatic N) is 5. The summed E-state index contributed by atoms with van der Waals surface area (Å²) in [6.45, 7) is 8.63. The van der Waals surface area contributed by atoms with Crippen LogP contribution in [0.5, 0.6) is 5.75 Å². The zero-order chi connectivity index (χ0) is 20.0. The molecule has 1 N–H and O–H groups in total. The first kappa shape index (κ1) is 18.4. The van der Waals surface area contributed by atoms with Crippen LogP contribution in [0.15, 0.2) is 36.8 Å². The van der Waals surface area contributed by atoms with Crippen molar-refractivity contribution in [2.24, 2.45) is 0 Å². The van der Waals surface area contributed by atoms with Crippen molar-refractivity contribution in [1.29, 1.82) is 0 Å². The Balaban J connectivity index is 1.29. The van der Waals surface area contributed by atoms with Gasteiger partial charge in [-0.2, -0.15) is 0 Å². The van der Waals surface area contributed by atoms with Crippen LogP contribution >= 0.6 is 0 Å². The Kier molecular flexibility index (Phi) is 4.64. The number of benzene rings is 1. The number of hydrogen-bond acceptors (Lipinski definition) is 6. The summed E-state index contributed by atoms with van der Waals surface area (Å²) in [7, 11) is 0. The van der Waals surface area contributed by atoms with E-state index in [-0.39, 0.29) is 0 Å². The van der Waals surface area contributed by atoms with Crippen molar-refractivity contribution >= 4 is 11.5 Å². The molecular formula is C22H27N5O2. The molecule has 2 aliphatic rings. The number of hydrogen-bond donors (Lipinski definition) is 1. The molecule has 1 saturated heterocycles. The Morgan fingerprint density at radius 2 is 1.90 bits per heavy atom. The van der Waals surface area contributed by atoms with Crippen molar-refractivity contribution in [3.05, 3.63) is 53.6 Å². The number of piperazine rings is 1. The van der Waals surface area contributed by atoms with Gasteiger partial charge in [-0.1, -0.05) is 12.1 Å². The Labute approximate surface area is 170 Å². The maximum atomic E-state index is 9.96. The Bertz CT molecular complexity index is 1020. The van der Waals surface area contributed by atoms with Crippen LogP contribution in [0.25, 0.3) is 5.65 Å². The van der Waals surface area contributed by atoms with Crippen LogP contribution in [-0.2, 0) is 6.42 Å². The van der Waals surface area contributed by atoms with Crippen LogP contribution in [0.4, 0.5) is 5.82 Å². The second-order valence-corrected chi connectivity index (χ2v) is 8.00. The topological polar surface area (TPSA) is 66.1 Å². The number of anilines is 1. The summed E-state index contributed by atoms with van der Waals surface area (Å²) in [4.78, 5) is 13.7. The first-order chi connectivity index (χ1) is 14.1. The Morgan fingerprint density at radius 1 is 1.07 bits per heavy atom. The molecule has 7 nitrogen and oxygen atoms in total. The van der Waals surface area contributed by atoms with Crippen LogP contribution in [0, 0.1) is 0 Å². The molecule has 1 aromatic carbocycles. The highest BCUT2D eigenvalue weighted by Crippen LogP contribution is 2.31. The van der Waals surface area contributed by atoms with E-state index in [1.54, 1.807) is 19.3 Å². The quantitative estimate of drug-likeness (QED) is 0.735. The zero-order valence-corrected chi connectivity index (χ0v) is 17.0. The standard InChI is InChI=1S/C22H27N5O2/c1-15(18-4-3-17-5-10-29-20(17)11-18)25-6-8-26(9-7-25)22-14-27-19(16(2)28)12-23-21(27)13-24-22/h3-4,11-16,28H,5-10H2,1-2H3. The van der Waals surface area contributed by atoms with Gasteiger partial charge in [-0.25, -0.2) is 9.97 Å². The predicted octanol–water partition coefficient (Wildman–Crippen LogP) is 2.60. The lowest BCUT2D eigenvalue weighted by atomic mass is 10.0. The normalized spacial score (nSPS) is 19.2. The van der Waals surface area contributed by atoms with Crippen molar-refractivity contribution in [1.82, 2.24) is 19.3 Å². The molecule has 1 fully saturated rings. The fourth-order valence-corrected chi connectivity index (χ4v) is 4.36. The lowest BCUT2D eigenvalue weighted by molar-refractivity contribution is 0.193. The van der Waals surface area contributed by atoms with E-state index >= 15 is 0 Å². The molecule has 0 spiro atoms. The molecule has 0 bridgehead atoms. The highest BCUT2D eigenvalue weighted by atomic mass is 16.5. The summed E-state index contributed by atoms with van der Waals surface area (Å²) in [5, 5.41) is 9.96. The van der Waals surface area contributed by atoms with Crippen LogP contribution in [0.3, 0.4) is 0 Å². The van der Waals surface area contributed by atoms with Crippen LogP contribution < -0.4 is 9.64 Å². The van der Waals surface area contributed by atoms with Crippen molar-refractivity contribution in [2.75, 3.05) is 37.7 Å². The fourth-order valence-electron chi connectivity index (χ4n) is 4.36. The lowest BCUT2D eigenvalue weighted by Crippen LogP contribution is -2.47. The molecule has 0 radical (unpaired) electrons. The first-order valence-corrected chi connectivity index (χ1v) is 10.4. The predicted molar refractivity (Wildman–Crippen MR) is 111 cm³/mol. The van der Waals surface area contributed by atoms with Crippen molar-refractivity contribution in [3.63, 3.8) is 0 Å². The van der Waals surface area contributed by atoms with Gasteiger partial charge in [0.2, 0.25) is 0 Å². The summed E-state index contributed by atoms with van der Waals surface area (Å²) >= 11 is 0. The highest BCUT2D eigenvalue weighted by Gasteiger charge is 2.24. The third kappa shape index (κ3) is 3.34. The van der Waals surface area contributed by atoms with Crippen molar-refractivity contribution in [3.8, 4) is 5.75 Å². The summed E-state index contributed by atoms with van der Waals surface area (Å²) < 4.78 is 7.68. The average molecular weight is 393 g/mol. The molecule has 2 atom stereocenters. The molecule has 2 aromatic heterocycles. The molecule has 0 aliphatic carbocycles. The SMILES string of the molecule is CC(O)c1cnc2cnc(N3CCN(C(C)c4ccc5c(c4)OCC5)CC3)cn12. The second-order valence-electron chi connectivity index (χ2n) is 8.00. The van der Waals surface area contributed by atoms with Crippen molar-refractivity contribution in [2.45, 2.75) is 32.4 Å². The number of rotatable bonds is 4. The van der Waals surface area contributed by atoms with E-state index in [1.807, 2.05) is 10.6 Å². The van der Waals surface area contributed by atoms with E-state index in [0.717, 1.165) is 62.1 Å². The molecule has 7 heteroatoms. The molecule has 152 valence electrons. The van der Waals surface area contributed by atoms with E-state index < -0.39 is 6.10 Å². The minimum atomic E-state index is -0.561. The summed E-state index contributed by atoms with van der Waals surface area (Å²) in [5.41, 5.74) is 4.19. The number of ether oxygens (including phenoxy) is 1. The number of aliphatic hydroxyl groups is 1. The second kappa shape index (κ2) is 7.31. The van der Waals surface area contributed by atoms with Gasteiger partial charge in [-0.15, -0.1) is 0 Å². The van der Waals surface area contributed by atoms with Crippen LogP contribution in [0.2, 0.25) is 0 Å². The third-order valence-corrected chi connectivity index (χ3v) is 6.23. The van der Waals surface area contributed by atoms with Gasteiger partial charge in [0.1, 0.15) is 11.6 Å².